The highest BCUT2D eigenvalue weighted by atomic mass is 32.1. The Morgan fingerprint density at radius 2 is 2.10 bits per heavy atom. The Labute approximate surface area is 185 Å². The van der Waals surface area contributed by atoms with E-state index in [1.165, 1.54) is 36.6 Å². The Morgan fingerprint density at radius 3 is 2.84 bits per heavy atom. The van der Waals surface area contributed by atoms with Crippen LogP contribution in [0.25, 0.3) is 5.69 Å². The van der Waals surface area contributed by atoms with E-state index in [0.717, 1.165) is 46.9 Å². The summed E-state index contributed by atoms with van der Waals surface area (Å²) in [4.78, 5) is 32.6. The van der Waals surface area contributed by atoms with Crippen molar-refractivity contribution in [2.45, 2.75) is 25.7 Å². The van der Waals surface area contributed by atoms with Crippen LogP contribution in [-0.4, -0.2) is 34.0 Å². The van der Waals surface area contributed by atoms with E-state index in [1.54, 1.807) is 6.07 Å². The number of benzene rings is 1. The normalized spacial score (nSPS) is 13.4. The Morgan fingerprint density at radius 1 is 1.35 bits per heavy atom. The molecule has 7 nitrogen and oxygen atoms in total. The number of aromatic hydroxyl groups is 1. The van der Waals surface area contributed by atoms with Crippen LogP contribution < -0.4 is 5.56 Å². The van der Waals surface area contributed by atoms with Crippen LogP contribution in [0.2, 0.25) is 0 Å². The van der Waals surface area contributed by atoms with Crippen LogP contribution in [-0.2, 0) is 17.6 Å². The highest BCUT2D eigenvalue weighted by Gasteiger charge is 2.26. The topological polar surface area (TPSA) is 96.7 Å². The van der Waals surface area contributed by atoms with Crippen LogP contribution in [0.4, 0.5) is 9.39 Å². The third-order valence-electron chi connectivity index (χ3n) is 5.07. The smallest absolute Gasteiger partial charge is 0.341 e. The lowest BCUT2D eigenvalue weighted by atomic mass is 9.95. The van der Waals surface area contributed by atoms with E-state index in [4.69, 9.17) is 17.0 Å². The van der Waals surface area contributed by atoms with Gasteiger partial charge in [0.1, 0.15) is 16.4 Å². The Bertz CT molecular complexity index is 1320. The molecule has 0 fully saturated rings. The van der Waals surface area contributed by atoms with Crippen LogP contribution in [0.5, 0.6) is 5.88 Å². The number of thiophene rings is 1. The summed E-state index contributed by atoms with van der Waals surface area (Å²) in [6, 6.07) is 5.72. The molecule has 2 N–H and O–H groups in total. The molecule has 10 heteroatoms. The summed E-state index contributed by atoms with van der Waals surface area (Å²) < 4.78 is 20.1. The second-order valence-corrected chi connectivity index (χ2v) is 8.39. The average Bonchev–Trinajstić information content (AvgIpc) is 3.12. The second-order valence-electron chi connectivity index (χ2n) is 6.92. The lowest BCUT2D eigenvalue weighted by molar-refractivity contribution is 0.0601. The minimum Gasteiger partial charge on any atom is -0.494 e. The molecule has 31 heavy (non-hydrogen) atoms. The predicted octanol–water partition coefficient (Wildman–Crippen LogP) is 4.22. The molecule has 0 saturated heterocycles. The number of hydrogen-bond acceptors (Lipinski definition) is 7. The van der Waals surface area contributed by atoms with Crippen molar-refractivity contribution in [1.82, 2.24) is 9.55 Å². The van der Waals surface area contributed by atoms with Gasteiger partial charge in [-0.05, 0) is 55.6 Å². The molecule has 0 spiro atoms. The van der Waals surface area contributed by atoms with Gasteiger partial charge in [0.25, 0.3) is 5.56 Å². The number of carbonyl (C=O) groups is 1. The molecule has 0 radical (unpaired) electrons. The third kappa shape index (κ3) is 3.84. The number of aryl methyl sites for hydroxylation is 1. The molecule has 4 rings (SSSR count). The fourth-order valence-electron chi connectivity index (χ4n) is 3.59. The van der Waals surface area contributed by atoms with Gasteiger partial charge in [-0.25, -0.2) is 14.2 Å². The number of aliphatic imine (C=N–C) groups is 1. The van der Waals surface area contributed by atoms with Crippen molar-refractivity contribution in [3.63, 3.8) is 0 Å². The van der Waals surface area contributed by atoms with Crippen LogP contribution in [0, 0.1) is 10.6 Å². The number of carbonyl (C=O) groups excluding carboxylic acids is 1. The monoisotopic (exact) mass is 459 g/mol. The molecule has 1 aromatic carbocycles. The number of ether oxygens (including phenoxy) is 1. The fraction of sp³-hybridized carbons (Fsp3) is 0.238. The maximum Gasteiger partial charge on any atom is 0.341 e. The van der Waals surface area contributed by atoms with Crippen molar-refractivity contribution >= 4 is 40.7 Å². The first-order valence-corrected chi connectivity index (χ1v) is 10.7. The molecule has 0 amide bonds. The predicted molar refractivity (Wildman–Crippen MR) is 118 cm³/mol. The number of H-pyrrole nitrogens is 1. The number of esters is 1. The molecule has 1 aliphatic carbocycles. The van der Waals surface area contributed by atoms with E-state index in [-0.39, 0.29) is 16.0 Å². The lowest BCUT2D eigenvalue weighted by Gasteiger charge is -2.12. The van der Waals surface area contributed by atoms with E-state index in [0.29, 0.717) is 10.6 Å². The van der Waals surface area contributed by atoms with Crippen molar-refractivity contribution in [2.75, 3.05) is 7.11 Å². The van der Waals surface area contributed by atoms with Gasteiger partial charge in [-0.1, -0.05) is 12.1 Å². The summed E-state index contributed by atoms with van der Waals surface area (Å²) >= 11 is 6.48. The number of para-hydroxylation sites is 1. The maximum atomic E-state index is 14.3. The molecule has 3 aromatic rings. The zero-order chi connectivity index (χ0) is 22.1. The number of aromatic nitrogens is 2. The SMILES string of the molecule is COC(=O)c1c(N=Cc2c(O)n(-c3ccccc3F)c(=S)[nH]c2=O)sc2c1CCCC2. The van der Waals surface area contributed by atoms with Gasteiger partial charge in [0, 0.05) is 11.1 Å². The van der Waals surface area contributed by atoms with Gasteiger partial charge >= 0.3 is 5.97 Å². The first-order chi connectivity index (χ1) is 14.9. The molecule has 160 valence electrons. The lowest BCUT2D eigenvalue weighted by Crippen LogP contribution is -2.18. The van der Waals surface area contributed by atoms with Crippen LogP contribution >= 0.6 is 23.6 Å². The number of hydrogen-bond donors (Lipinski definition) is 2. The largest absolute Gasteiger partial charge is 0.494 e. The van der Waals surface area contributed by atoms with E-state index < -0.39 is 23.2 Å². The highest BCUT2D eigenvalue weighted by molar-refractivity contribution is 7.71. The molecule has 0 unspecified atom stereocenters. The van der Waals surface area contributed by atoms with Crippen LogP contribution in [0.15, 0.2) is 34.1 Å². The maximum absolute atomic E-state index is 14.3. The number of halogens is 1. The Balaban J connectivity index is 1.85. The molecule has 2 heterocycles. The van der Waals surface area contributed by atoms with Gasteiger partial charge < -0.3 is 9.84 Å². The second kappa shape index (κ2) is 8.56. The number of rotatable bonds is 4. The fourth-order valence-corrected chi connectivity index (χ4v) is 5.09. The van der Waals surface area contributed by atoms with Crippen molar-refractivity contribution in [3.8, 4) is 11.6 Å². The summed E-state index contributed by atoms with van der Waals surface area (Å²) in [7, 11) is 1.30. The summed E-state index contributed by atoms with van der Waals surface area (Å²) in [5, 5.41) is 11.1. The van der Waals surface area contributed by atoms with Gasteiger partial charge in [0.15, 0.2) is 4.77 Å². The minimum atomic E-state index is -0.681. The molecule has 1 aliphatic rings. The molecule has 0 atom stereocenters. The van der Waals surface area contributed by atoms with Gasteiger partial charge in [-0.2, -0.15) is 0 Å². The van der Waals surface area contributed by atoms with Crippen molar-refractivity contribution in [2.24, 2.45) is 4.99 Å². The molecular weight excluding hydrogens is 441 g/mol. The average molecular weight is 460 g/mol. The zero-order valence-corrected chi connectivity index (χ0v) is 18.1. The standard InChI is InChI=1S/C21H18FN3O4S2/c1-29-20(28)16-11-6-2-5-9-15(11)31-18(16)23-10-12-17(26)24-21(30)25(19(12)27)14-8-4-3-7-13(14)22/h3-4,7-8,10,27H,2,5-6,9H2,1H3,(H,24,26,30). The highest BCUT2D eigenvalue weighted by Crippen LogP contribution is 2.40. The molecule has 0 bridgehead atoms. The summed E-state index contributed by atoms with van der Waals surface area (Å²) in [6.07, 6.45) is 4.77. The number of fused-ring (bicyclic) bond motifs is 1. The molecular formula is C21H18FN3O4S2. The van der Waals surface area contributed by atoms with E-state index in [1.807, 2.05) is 0 Å². The van der Waals surface area contributed by atoms with Crippen LogP contribution in [0.3, 0.4) is 0 Å². The first-order valence-electron chi connectivity index (χ1n) is 9.52. The van der Waals surface area contributed by atoms with Crippen molar-refractivity contribution < 1.29 is 19.0 Å². The Hall–Kier alpha value is -3.11. The Kier molecular flexibility index (Phi) is 5.84. The number of methoxy groups -OCH3 is 1. The summed E-state index contributed by atoms with van der Waals surface area (Å²) in [5.41, 5.74) is 0.406. The summed E-state index contributed by atoms with van der Waals surface area (Å²) in [5.74, 6) is -1.67. The first kappa shape index (κ1) is 21.1. The third-order valence-corrected chi connectivity index (χ3v) is 6.55. The van der Waals surface area contributed by atoms with Gasteiger partial charge in [-0.3, -0.25) is 14.3 Å². The van der Waals surface area contributed by atoms with Gasteiger partial charge in [0.2, 0.25) is 5.88 Å². The minimum absolute atomic E-state index is 0.0160. The number of nitrogens with one attached hydrogen (secondary N) is 1. The van der Waals surface area contributed by atoms with E-state index in [9.17, 15) is 19.1 Å². The van der Waals surface area contributed by atoms with Gasteiger partial charge in [-0.15, -0.1) is 11.3 Å². The van der Waals surface area contributed by atoms with Crippen molar-refractivity contribution in [1.29, 1.82) is 0 Å². The van der Waals surface area contributed by atoms with Crippen molar-refractivity contribution in [3.05, 3.63) is 66.8 Å². The number of nitrogens with zero attached hydrogens (tertiary/aromatic N) is 2. The zero-order valence-electron chi connectivity index (χ0n) is 16.5. The summed E-state index contributed by atoms with van der Waals surface area (Å²) in [6.45, 7) is 0. The van der Waals surface area contributed by atoms with E-state index in [2.05, 4.69) is 9.98 Å². The molecule has 0 saturated carbocycles. The van der Waals surface area contributed by atoms with E-state index >= 15 is 0 Å². The molecule has 2 aromatic heterocycles. The quantitative estimate of drug-likeness (QED) is 0.346. The molecule has 0 aliphatic heterocycles. The van der Waals surface area contributed by atoms with Gasteiger partial charge in [0.05, 0.1) is 18.4 Å². The number of aromatic amines is 1. The van der Waals surface area contributed by atoms with Crippen LogP contribution in [0.1, 0.15) is 39.2 Å².